The molecule has 40 heavy (non-hydrogen) atoms. The number of imidazole rings is 1. The zero-order valence-electron chi connectivity index (χ0n) is 22.9. The highest BCUT2D eigenvalue weighted by Crippen LogP contribution is 2.36. The van der Waals surface area contributed by atoms with Crippen molar-refractivity contribution in [3.63, 3.8) is 0 Å². The Bertz CT molecular complexity index is 1770. The molecule has 3 N–H and O–H groups in total. The van der Waals surface area contributed by atoms with Crippen LogP contribution < -0.4 is 20.7 Å². The first-order chi connectivity index (χ1) is 19.2. The fourth-order valence-electron chi connectivity index (χ4n) is 4.41. The molecule has 5 rings (SSSR count). The van der Waals surface area contributed by atoms with Crippen molar-refractivity contribution < 1.29 is 13.2 Å². The van der Waals surface area contributed by atoms with Crippen molar-refractivity contribution in [3.05, 3.63) is 78.5 Å². The number of aromatic nitrogens is 4. The van der Waals surface area contributed by atoms with E-state index in [0.29, 0.717) is 17.6 Å². The summed E-state index contributed by atoms with van der Waals surface area (Å²) >= 11 is 0. The lowest BCUT2D eigenvalue weighted by molar-refractivity contribution is 0.415. The standard InChI is InChI=1S/C29H31N7O3S/c1-18(40(5,37)38)19-6-8-20(9-7-19)32-28-31-17-16-24(34-28)26-23(30-2)14-15-25-27(26)35-29(36(25)3)33-21-10-12-22(39-4)13-11-21/h6-18,30H,1-5H3,(H,33,35)(H,31,32,34). The van der Waals surface area contributed by atoms with E-state index in [1.54, 1.807) is 32.4 Å². The van der Waals surface area contributed by atoms with Gasteiger partial charge in [0.25, 0.3) is 0 Å². The molecule has 0 amide bonds. The topological polar surface area (TPSA) is 123 Å². The molecule has 10 nitrogen and oxygen atoms in total. The quantitative estimate of drug-likeness (QED) is 0.210. The molecule has 206 valence electrons. The zero-order valence-corrected chi connectivity index (χ0v) is 23.7. The summed E-state index contributed by atoms with van der Waals surface area (Å²) in [5.41, 5.74) is 6.51. The van der Waals surface area contributed by atoms with Crippen LogP contribution in [0.1, 0.15) is 17.7 Å². The van der Waals surface area contributed by atoms with Crippen LogP contribution in [0.5, 0.6) is 5.75 Å². The van der Waals surface area contributed by atoms with Crippen LogP contribution in [0.2, 0.25) is 0 Å². The van der Waals surface area contributed by atoms with Gasteiger partial charge in [0.15, 0.2) is 9.84 Å². The fourth-order valence-corrected chi connectivity index (χ4v) is 5.07. The van der Waals surface area contributed by atoms with E-state index in [0.717, 1.165) is 45.0 Å². The lowest BCUT2D eigenvalue weighted by atomic mass is 10.1. The first-order valence-corrected chi connectivity index (χ1v) is 14.6. The predicted molar refractivity (Wildman–Crippen MR) is 161 cm³/mol. The molecule has 0 saturated heterocycles. The van der Waals surface area contributed by atoms with Crippen molar-refractivity contribution in [3.8, 4) is 17.0 Å². The van der Waals surface area contributed by atoms with E-state index in [4.69, 9.17) is 14.7 Å². The van der Waals surface area contributed by atoms with Crippen molar-refractivity contribution >= 4 is 49.8 Å². The van der Waals surface area contributed by atoms with Crippen molar-refractivity contribution in [1.29, 1.82) is 0 Å². The van der Waals surface area contributed by atoms with Gasteiger partial charge in [-0.2, -0.15) is 0 Å². The summed E-state index contributed by atoms with van der Waals surface area (Å²) in [5, 5.41) is 9.29. The van der Waals surface area contributed by atoms with E-state index < -0.39 is 15.1 Å². The summed E-state index contributed by atoms with van der Waals surface area (Å²) < 4.78 is 31.1. The third-order valence-electron chi connectivity index (χ3n) is 6.86. The lowest BCUT2D eigenvalue weighted by Crippen LogP contribution is -2.07. The highest BCUT2D eigenvalue weighted by atomic mass is 32.2. The monoisotopic (exact) mass is 557 g/mol. The maximum absolute atomic E-state index is 11.9. The predicted octanol–water partition coefficient (Wildman–Crippen LogP) is 5.67. The molecule has 2 heterocycles. The Hall–Kier alpha value is -4.64. The van der Waals surface area contributed by atoms with Gasteiger partial charge in [0.1, 0.15) is 11.3 Å². The molecular weight excluding hydrogens is 526 g/mol. The number of benzene rings is 3. The third kappa shape index (κ3) is 5.41. The number of anilines is 5. The summed E-state index contributed by atoms with van der Waals surface area (Å²) in [6, 6.07) is 20.8. The number of methoxy groups -OCH3 is 1. The highest BCUT2D eigenvalue weighted by molar-refractivity contribution is 7.90. The molecular formula is C29H31N7O3S. The van der Waals surface area contributed by atoms with E-state index in [-0.39, 0.29) is 0 Å². The SMILES string of the molecule is CNc1ccc2c(nc(Nc3ccc(OC)cc3)n2C)c1-c1ccnc(Nc2ccc(C(C)S(C)(=O)=O)cc2)n1. The third-order valence-corrected chi connectivity index (χ3v) is 8.42. The van der Waals surface area contributed by atoms with Crippen LogP contribution in [0.3, 0.4) is 0 Å². The Morgan fingerprint density at radius 3 is 2.23 bits per heavy atom. The van der Waals surface area contributed by atoms with Gasteiger partial charge >= 0.3 is 0 Å². The molecule has 0 fully saturated rings. The number of fused-ring (bicyclic) bond motifs is 1. The van der Waals surface area contributed by atoms with Crippen LogP contribution in [0, 0.1) is 0 Å². The molecule has 11 heteroatoms. The van der Waals surface area contributed by atoms with E-state index in [9.17, 15) is 8.42 Å². The average Bonchev–Trinajstić information content (AvgIpc) is 3.27. The lowest BCUT2D eigenvalue weighted by Gasteiger charge is -2.12. The van der Waals surface area contributed by atoms with Gasteiger partial charge in [0.05, 0.1) is 29.1 Å². The minimum atomic E-state index is -3.18. The molecule has 0 saturated carbocycles. The van der Waals surface area contributed by atoms with Gasteiger partial charge in [-0.3, -0.25) is 0 Å². The maximum Gasteiger partial charge on any atom is 0.227 e. The summed E-state index contributed by atoms with van der Waals surface area (Å²) in [6.07, 6.45) is 2.94. The van der Waals surface area contributed by atoms with E-state index in [2.05, 4.69) is 20.9 Å². The molecule has 5 aromatic rings. The number of rotatable bonds is 9. The Balaban J connectivity index is 1.48. The molecule has 2 aromatic heterocycles. The first kappa shape index (κ1) is 26.9. The van der Waals surface area contributed by atoms with Gasteiger partial charge in [-0.15, -0.1) is 0 Å². The van der Waals surface area contributed by atoms with Gasteiger partial charge in [-0.05, 0) is 67.1 Å². The molecule has 1 unspecified atom stereocenters. The molecule has 0 aliphatic rings. The smallest absolute Gasteiger partial charge is 0.227 e. The van der Waals surface area contributed by atoms with Gasteiger partial charge in [0.2, 0.25) is 11.9 Å². The number of nitrogens with one attached hydrogen (secondary N) is 3. The summed E-state index contributed by atoms with van der Waals surface area (Å²) in [4.78, 5) is 14.1. The van der Waals surface area contributed by atoms with Crippen LogP contribution in [0.25, 0.3) is 22.3 Å². The minimum absolute atomic E-state index is 0.410. The van der Waals surface area contributed by atoms with Crippen LogP contribution >= 0.6 is 0 Å². The Morgan fingerprint density at radius 2 is 1.57 bits per heavy atom. The second kappa shape index (κ2) is 10.9. The van der Waals surface area contributed by atoms with E-state index in [1.165, 1.54) is 6.26 Å². The van der Waals surface area contributed by atoms with Crippen LogP contribution in [0.4, 0.5) is 29.0 Å². The summed E-state index contributed by atoms with van der Waals surface area (Å²) in [6.45, 7) is 1.68. The van der Waals surface area contributed by atoms with Gasteiger partial charge in [0, 0.05) is 43.6 Å². The molecule has 1 atom stereocenters. The van der Waals surface area contributed by atoms with Crippen molar-refractivity contribution in [1.82, 2.24) is 19.5 Å². The van der Waals surface area contributed by atoms with E-state index >= 15 is 0 Å². The first-order valence-electron chi connectivity index (χ1n) is 12.7. The number of hydrogen-bond acceptors (Lipinski definition) is 9. The van der Waals surface area contributed by atoms with Crippen molar-refractivity contribution in [2.75, 3.05) is 36.4 Å². The van der Waals surface area contributed by atoms with E-state index in [1.807, 2.05) is 73.3 Å². The van der Waals surface area contributed by atoms with Crippen LogP contribution in [-0.2, 0) is 16.9 Å². The van der Waals surface area contributed by atoms with Crippen LogP contribution in [0.15, 0.2) is 72.9 Å². The molecule has 0 bridgehead atoms. The van der Waals surface area contributed by atoms with Gasteiger partial charge < -0.3 is 25.3 Å². The van der Waals surface area contributed by atoms with Crippen molar-refractivity contribution in [2.24, 2.45) is 7.05 Å². The van der Waals surface area contributed by atoms with Crippen LogP contribution in [-0.4, -0.2) is 48.4 Å². The Morgan fingerprint density at radius 1 is 0.900 bits per heavy atom. The Labute approximate surface area is 233 Å². The molecule has 0 spiro atoms. The highest BCUT2D eigenvalue weighted by Gasteiger charge is 2.19. The van der Waals surface area contributed by atoms with Gasteiger partial charge in [-0.1, -0.05) is 12.1 Å². The number of ether oxygens (including phenoxy) is 1. The number of nitrogens with zero attached hydrogens (tertiary/aromatic N) is 4. The molecule has 3 aromatic carbocycles. The summed E-state index contributed by atoms with van der Waals surface area (Å²) in [5.74, 6) is 1.88. The molecule has 0 aliphatic heterocycles. The Kier molecular flexibility index (Phi) is 7.31. The van der Waals surface area contributed by atoms with Gasteiger partial charge in [-0.25, -0.2) is 23.4 Å². The fraction of sp³-hybridized carbons (Fsp3) is 0.207. The largest absolute Gasteiger partial charge is 0.497 e. The number of aryl methyl sites for hydroxylation is 1. The minimum Gasteiger partial charge on any atom is -0.497 e. The maximum atomic E-state index is 11.9. The average molecular weight is 558 g/mol. The molecule has 0 aliphatic carbocycles. The van der Waals surface area contributed by atoms with Crippen molar-refractivity contribution in [2.45, 2.75) is 12.2 Å². The number of hydrogen-bond donors (Lipinski definition) is 3. The second-order valence-electron chi connectivity index (χ2n) is 9.44. The summed E-state index contributed by atoms with van der Waals surface area (Å²) in [7, 11) is 2.29. The molecule has 0 radical (unpaired) electrons. The zero-order chi connectivity index (χ0) is 28.4. The number of sulfone groups is 1. The normalized spacial score (nSPS) is 12.2. The second-order valence-corrected chi connectivity index (χ2v) is 11.8.